The molecule has 0 saturated carbocycles. The van der Waals surface area contributed by atoms with Crippen molar-refractivity contribution in [1.82, 2.24) is 0 Å². The van der Waals surface area contributed by atoms with E-state index in [9.17, 15) is 9.59 Å². The van der Waals surface area contributed by atoms with E-state index in [0.29, 0.717) is 19.3 Å². The largest absolute Gasteiger partial charge is 0.481 e. The predicted molar refractivity (Wildman–Crippen MR) is 158 cm³/mol. The normalized spacial score (nSPS) is 13.4. The van der Waals surface area contributed by atoms with Crippen LogP contribution in [0.25, 0.3) is 0 Å². The van der Waals surface area contributed by atoms with E-state index in [2.05, 4.69) is 74.6 Å². The van der Waals surface area contributed by atoms with Crippen LogP contribution in [0.15, 0.2) is 72.9 Å². The summed E-state index contributed by atoms with van der Waals surface area (Å²) in [6.45, 7) is 4.33. The molecule has 0 saturated heterocycles. The van der Waals surface area contributed by atoms with Gasteiger partial charge in [0.25, 0.3) is 0 Å². The van der Waals surface area contributed by atoms with Crippen LogP contribution in [0.2, 0.25) is 0 Å². The molecule has 37 heavy (non-hydrogen) atoms. The summed E-state index contributed by atoms with van der Waals surface area (Å²) < 4.78 is 5.74. The quantitative estimate of drug-likeness (QED) is 0.0794. The van der Waals surface area contributed by atoms with Crippen LogP contribution < -0.4 is 0 Å². The molecule has 1 atom stereocenters. The second-order valence-corrected chi connectivity index (χ2v) is 9.19. The van der Waals surface area contributed by atoms with Crippen molar-refractivity contribution in [3.63, 3.8) is 0 Å². The van der Waals surface area contributed by atoms with Gasteiger partial charge in [-0.25, -0.2) is 0 Å². The van der Waals surface area contributed by atoms with Crippen LogP contribution in [0.3, 0.4) is 0 Å². The second-order valence-electron chi connectivity index (χ2n) is 9.19. The molecule has 0 rings (SSSR count). The molecule has 0 aromatic rings. The number of carbonyl (C=O) groups is 2. The number of ether oxygens (including phenoxy) is 1. The fourth-order valence-corrected chi connectivity index (χ4v) is 3.54. The molecule has 0 aliphatic rings. The lowest BCUT2D eigenvalue weighted by Gasteiger charge is -2.14. The minimum Gasteiger partial charge on any atom is -0.481 e. The van der Waals surface area contributed by atoms with E-state index < -0.39 is 5.97 Å². The Bertz CT molecular complexity index is 725. The van der Waals surface area contributed by atoms with Gasteiger partial charge in [0, 0.05) is 12.8 Å². The van der Waals surface area contributed by atoms with Crippen molar-refractivity contribution in [2.24, 2.45) is 0 Å². The lowest BCUT2D eigenvalue weighted by Crippen LogP contribution is -2.16. The molecule has 4 nitrogen and oxygen atoms in total. The number of carbonyl (C=O) groups excluding carboxylic acids is 1. The van der Waals surface area contributed by atoms with Crippen LogP contribution >= 0.6 is 0 Å². The summed E-state index contributed by atoms with van der Waals surface area (Å²) in [7, 11) is 0. The molecular weight excluding hydrogens is 460 g/mol. The molecule has 0 aliphatic carbocycles. The molecule has 0 aromatic heterocycles. The van der Waals surface area contributed by atoms with E-state index in [-0.39, 0.29) is 18.5 Å². The number of rotatable bonds is 24. The topological polar surface area (TPSA) is 63.6 Å². The Morgan fingerprint density at radius 3 is 1.84 bits per heavy atom. The number of esters is 1. The van der Waals surface area contributed by atoms with E-state index >= 15 is 0 Å². The first-order chi connectivity index (χ1) is 18.1. The van der Waals surface area contributed by atoms with Crippen molar-refractivity contribution in [2.75, 3.05) is 0 Å². The van der Waals surface area contributed by atoms with E-state index in [1.165, 1.54) is 12.8 Å². The summed E-state index contributed by atoms with van der Waals surface area (Å²) in [5.74, 6) is -0.906. The first-order valence-corrected chi connectivity index (χ1v) is 14.4. The molecule has 0 heterocycles. The highest BCUT2D eigenvalue weighted by molar-refractivity contribution is 5.69. The zero-order chi connectivity index (χ0) is 27.2. The zero-order valence-electron chi connectivity index (χ0n) is 23.5. The number of carboxylic acid groups (broad SMARTS) is 1. The third kappa shape index (κ3) is 27.8. The Kier molecular flexibility index (Phi) is 26.0. The summed E-state index contributed by atoms with van der Waals surface area (Å²) in [6.07, 6.45) is 39.2. The highest BCUT2D eigenvalue weighted by Crippen LogP contribution is 2.13. The Balaban J connectivity index is 4.31. The monoisotopic (exact) mass is 512 g/mol. The van der Waals surface area contributed by atoms with Crippen molar-refractivity contribution in [2.45, 2.75) is 123 Å². The summed E-state index contributed by atoms with van der Waals surface area (Å²) in [5.41, 5.74) is 0. The van der Waals surface area contributed by atoms with Gasteiger partial charge in [-0.1, -0.05) is 106 Å². The predicted octanol–water partition coefficient (Wildman–Crippen LogP) is 9.60. The minimum atomic E-state index is -0.741. The molecule has 4 heteroatoms. The maximum Gasteiger partial charge on any atom is 0.306 e. The molecule has 0 fully saturated rings. The van der Waals surface area contributed by atoms with Crippen LogP contribution in [0, 0.1) is 0 Å². The summed E-state index contributed by atoms with van der Waals surface area (Å²) in [5, 5.41) is 8.75. The summed E-state index contributed by atoms with van der Waals surface area (Å²) >= 11 is 0. The maximum atomic E-state index is 12.4. The Labute approximate surface area is 227 Å². The van der Waals surface area contributed by atoms with Gasteiger partial charge in [-0.05, 0) is 70.3 Å². The van der Waals surface area contributed by atoms with Crippen molar-refractivity contribution >= 4 is 11.9 Å². The van der Waals surface area contributed by atoms with Gasteiger partial charge < -0.3 is 9.84 Å². The summed E-state index contributed by atoms with van der Waals surface area (Å²) in [4.78, 5) is 23.0. The molecule has 0 amide bonds. The second kappa shape index (κ2) is 28.0. The average molecular weight is 513 g/mol. The smallest absolute Gasteiger partial charge is 0.306 e. The van der Waals surface area contributed by atoms with Crippen LogP contribution in [0.4, 0.5) is 0 Å². The highest BCUT2D eigenvalue weighted by atomic mass is 16.5. The first kappa shape index (κ1) is 34.4. The third-order valence-electron chi connectivity index (χ3n) is 5.66. The number of allylic oxidation sites excluding steroid dienone is 11. The molecule has 0 radical (unpaired) electrons. The van der Waals surface area contributed by atoms with Crippen molar-refractivity contribution < 1.29 is 19.4 Å². The van der Waals surface area contributed by atoms with Crippen molar-refractivity contribution in [3.05, 3.63) is 72.9 Å². The first-order valence-electron chi connectivity index (χ1n) is 14.4. The Hall–Kier alpha value is -2.62. The van der Waals surface area contributed by atoms with Crippen molar-refractivity contribution in [3.8, 4) is 0 Å². The maximum absolute atomic E-state index is 12.4. The van der Waals surface area contributed by atoms with Crippen LogP contribution in [0.1, 0.15) is 117 Å². The van der Waals surface area contributed by atoms with Crippen LogP contribution in [-0.2, 0) is 14.3 Å². The molecule has 208 valence electrons. The standard InChI is InChI=1S/C33H52O4/c1-3-5-7-9-11-12-13-14-15-16-18-20-26-30-33(36)37-31(27-23-19-17-10-8-6-4-2)28-24-21-22-25-29-32(34)35/h5,7,10-12,14-15,17-18,20,23,27,31H,3-4,6,8-9,13,16,19,21-22,24-26,28-30H2,1-2H3,(H,34,35)/b7-5-,12-11-,15-14-,17-10-,20-18-,27-23-. The number of hydrogen-bond donors (Lipinski definition) is 1. The number of aliphatic carboxylic acids is 1. The molecule has 1 N–H and O–H groups in total. The SMILES string of the molecule is CC/C=C\C/C=C\C/C=C\C/C=C\CCC(=O)OC(/C=C\C/C=C\CCCC)CCCCCCC(=O)O. The fourth-order valence-electron chi connectivity index (χ4n) is 3.54. The average Bonchev–Trinajstić information content (AvgIpc) is 2.87. The Morgan fingerprint density at radius 2 is 1.22 bits per heavy atom. The molecule has 0 bridgehead atoms. The lowest BCUT2D eigenvalue weighted by molar-refractivity contribution is -0.147. The highest BCUT2D eigenvalue weighted by Gasteiger charge is 2.11. The van der Waals surface area contributed by atoms with Gasteiger partial charge >= 0.3 is 11.9 Å². The molecule has 1 unspecified atom stereocenters. The number of unbranched alkanes of at least 4 members (excludes halogenated alkanes) is 5. The van der Waals surface area contributed by atoms with Gasteiger partial charge in [0.15, 0.2) is 0 Å². The van der Waals surface area contributed by atoms with Gasteiger partial charge in [-0.15, -0.1) is 0 Å². The van der Waals surface area contributed by atoms with Crippen molar-refractivity contribution in [1.29, 1.82) is 0 Å². The van der Waals surface area contributed by atoms with E-state index in [1.54, 1.807) is 0 Å². The molecular formula is C33H52O4. The van der Waals surface area contributed by atoms with Gasteiger partial charge in [0.1, 0.15) is 6.10 Å². The third-order valence-corrected chi connectivity index (χ3v) is 5.66. The zero-order valence-corrected chi connectivity index (χ0v) is 23.5. The van der Waals surface area contributed by atoms with E-state index in [0.717, 1.165) is 64.2 Å². The van der Waals surface area contributed by atoms with Gasteiger partial charge in [0.05, 0.1) is 0 Å². The van der Waals surface area contributed by atoms with E-state index in [4.69, 9.17) is 9.84 Å². The number of hydrogen-bond acceptors (Lipinski definition) is 3. The van der Waals surface area contributed by atoms with Gasteiger partial charge in [-0.2, -0.15) is 0 Å². The van der Waals surface area contributed by atoms with E-state index in [1.807, 2.05) is 12.2 Å². The fraction of sp³-hybridized carbons (Fsp3) is 0.576. The number of carboxylic acids is 1. The Morgan fingerprint density at radius 1 is 0.649 bits per heavy atom. The summed E-state index contributed by atoms with van der Waals surface area (Å²) in [6, 6.07) is 0. The minimum absolute atomic E-state index is 0.165. The molecule has 0 spiro atoms. The molecule has 0 aliphatic heterocycles. The lowest BCUT2D eigenvalue weighted by atomic mass is 10.1. The van der Waals surface area contributed by atoms with Crippen LogP contribution in [-0.4, -0.2) is 23.1 Å². The molecule has 0 aromatic carbocycles. The van der Waals surface area contributed by atoms with Crippen LogP contribution in [0.5, 0.6) is 0 Å². The van der Waals surface area contributed by atoms with Gasteiger partial charge in [0.2, 0.25) is 0 Å². The van der Waals surface area contributed by atoms with Gasteiger partial charge in [-0.3, -0.25) is 9.59 Å².